The second kappa shape index (κ2) is 10.2. The second-order valence-electron chi connectivity index (χ2n) is 8.13. The summed E-state index contributed by atoms with van der Waals surface area (Å²) >= 11 is 0. The molecule has 2 N–H and O–H groups in total. The van der Waals surface area contributed by atoms with Crippen LogP contribution in [0.3, 0.4) is 0 Å². The molecule has 5 heteroatoms. The monoisotopic (exact) mass is 414 g/mol. The summed E-state index contributed by atoms with van der Waals surface area (Å²) in [5.41, 5.74) is 4.15. The largest absolute Gasteiger partial charge is 0.327 e. The average Bonchev–Trinajstić information content (AvgIpc) is 2.81. The maximum Gasteiger partial charge on any atom is 0.319 e. The Kier molecular flexibility index (Phi) is 6.97. The molecular formula is C26H30N4O. The standard InChI is InChI=1S/C26H30N4O/c1-29-16-18-30(19-17-29)20-21-12-14-24(15-13-21)27-26(31)28-25(22-8-4-2-5-9-22)23-10-6-3-7-11-23/h2-15,25H,16-20H2,1H3,(H2,27,28,31). The predicted octanol–water partition coefficient (Wildman–Crippen LogP) is 4.35. The molecule has 0 bridgehead atoms. The molecule has 1 aliphatic rings. The maximum atomic E-state index is 12.8. The van der Waals surface area contributed by atoms with Crippen molar-refractivity contribution in [3.05, 3.63) is 102 Å². The van der Waals surface area contributed by atoms with E-state index in [1.54, 1.807) is 0 Å². The van der Waals surface area contributed by atoms with Gasteiger partial charge in [-0.15, -0.1) is 0 Å². The van der Waals surface area contributed by atoms with Crippen LogP contribution in [0.15, 0.2) is 84.9 Å². The molecule has 0 saturated carbocycles. The van der Waals surface area contributed by atoms with E-state index in [9.17, 15) is 4.79 Å². The SMILES string of the molecule is CN1CCN(Cc2ccc(NC(=O)NC(c3ccccc3)c3ccccc3)cc2)CC1. The molecule has 3 aromatic carbocycles. The lowest BCUT2D eigenvalue weighted by molar-refractivity contribution is 0.148. The van der Waals surface area contributed by atoms with Crippen LogP contribution in [0.5, 0.6) is 0 Å². The molecule has 3 aromatic rings. The number of hydrogen-bond acceptors (Lipinski definition) is 3. The van der Waals surface area contributed by atoms with Crippen LogP contribution in [-0.4, -0.2) is 49.1 Å². The first-order chi connectivity index (χ1) is 15.2. The zero-order chi connectivity index (χ0) is 21.5. The van der Waals surface area contributed by atoms with Crippen molar-refractivity contribution in [1.82, 2.24) is 15.1 Å². The van der Waals surface area contributed by atoms with Gasteiger partial charge in [-0.3, -0.25) is 4.90 Å². The molecule has 1 saturated heterocycles. The van der Waals surface area contributed by atoms with Gasteiger partial charge in [0.1, 0.15) is 0 Å². The Morgan fingerprint density at radius 1 is 0.806 bits per heavy atom. The predicted molar refractivity (Wildman–Crippen MR) is 126 cm³/mol. The van der Waals surface area contributed by atoms with E-state index in [0.717, 1.165) is 49.5 Å². The minimum absolute atomic E-state index is 0.209. The Bertz CT molecular complexity index is 912. The summed E-state index contributed by atoms with van der Waals surface area (Å²) in [6, 6.07) is 27.8. The fourth-order valence-corrected chi connectivity index (χ4v) is 3.91. The number of nitrogens with one attached hydrogen (secondary N) is 2. The Morgan fingerprint density at radius 2 is 1.35 bits per heavy atom. The first-order valence-corrected chi connectivity index (χ1v) is 10.8. The van der Waals surface area contributed by atoms with Gasteiger partial charge in [0.05, 0.1) is 6.04 Å². The Labute approximate surface area is 184 Å². The van der Waals surface area contributed by atoms with Crippen molar-refractivity contribution in [3.8, 4) is 0 Å². The molecular weight excluding hydrogens is 384 g/mol. The topological polar surface area (TPSA) is 47.6 Å². The minimum Gasteiger partial charge on any atom is -0.327 e. The number of rotatable bonds is 6. The van der Waals surface area contributed by atoms with Crippen LogP contribution in [0.4, 0.5) is 10.5 Å². The van der Waals surface area contributed by atoms with Crippen molar-refractivity contribution in [2.45, 2.75) is 12.6 Å². The number of benzene rings is 3. The smallest absolute Gasteiger partial charge is 0.319 e. The minimum atomic E-state index is -0.218. The second-order valence-corrected chi connectivity index (χ2v) is 8.13. The number of hydrogen-bond donors (Lipinski definition) is 2. The van der Waals surface area contributed by atoms with Crippen LogP contribution in [0, 0.1) is 0 Å². The normalized spacial score (nSPS) is 15.0. The molecule has 0 radical (unpaired) electrons. The van der Waals surface area contributed by atoms with E-state index in [2.05, 4.69) is 39.6 Å². The quantitative estimate of drug-likeness (QED) is 0.631. The Hall–Kier alpha value is -3.15. The number of carbonyl (C=O) groups is 1. The van der Waals surface area contributed by atoms with E-state index in [0.29, 0.717) is 0 Å². The molecule has 1 fully saturated rings. The van der Waals surface area contributed by atoms with E-state index in [1.165, 1.54) is 5.56 Å². The lowest BCUT2D eigenvalue weighted by Gasteiger charge is -2.32. The highest BCUT2D eigenvalue weighted by molar-refractivity contribution is 5.89. The molecule has 1 aliphatic heterocycles. The zero-order valence-electron chi connectivity index (χ0n) is 18.0. The van der Waals surface area contributed by atoms with Crippen LogP contribution >= 0.6 is 0 Å². The molecule has 160 valence electrons. The van der Waals surface area contributed by atoms with Gasteiger partial charge in [-0.2, -0.15) is 0 Å². The number of likely N-dealkylation sites (N-methyl/N-ethyl adjacent to an activating group) is 1. The molecule has 0 atom stereocenters. The summed E-state index contributed by atoms with van der Waals surface area (Å²) in [5.74, 6) is 0. The van der Waals surface area contributed by atoms with E-state index >= 15 is 0 Å². The van der Waals surface area contributed by atoms with E-state index in [1.807, 2.05) is 72.8 Å². The van der Waals surface area contributed by atoms with Gasteiger partial charge in [-0.25, -0.2) is 4.79 Å². The molecule has 0 aliphatic carbocycles. The third-order valence-corrected chi connectivity index (χ3v) is 5.76. The van der Waals surface area contributed by atoms with Crippen molar-refractivity contribution in [2.75, 3.05) is 38.5 Å². The maximum absolute atomic E-state index is 12.8. The Morgan fingerprint density at radius 3 is 1.90 bits per heavy atom. The van der Waals surface area contributed by atoms with Gasteiger partial charge in [0.15, 0.2) is 0 Å². The van der Waals surface area contributed by atoms with Gasteiger partial charge in [-0.1, -0.05) is 72.8 Å². The van der Waals surface area contributed by atoms with Crippen LogP contribution < -0.4 is 10.6 Å². The third kappa shape index (κ3) is 5.94. The number of piperazine rings is 1. The van der Waals surface area contributed by atoms with Crippen molar-refractivity contribution in [3.63, 3.8) is 0 Å². The third-order valence-electron chi connectivity index (χ3n) is 5.76. The molecule has 5 nitrogen and oxygen atoms in total. The molecule has 1 heterocycles. The summed E-state index contributed by atoms with van der Waals surface area (Å²) < 4.78 is 0. The average molecular weight is 415 g/mol. The van der Waals surface area contributed by atoms with Crippen LogP contribution in [0.25, 0.3) is 0 Å². The highest BCUT2D eigenvalue weighted by Crippen LogP contribution is 2.22. The molecule has 31 heavy (non-hydrogen) atoms. The Balaban J connectivity index is 1.38. The summed E-state index contributed by atoms with van der Waals surface area (Å²) in [7, 11) is 2.17. The summed E-state index contributed by atoms with van der Waals surface area (Å²) in [6.45, 7) is 5.37. The molecule has 0 unspecified atom stereocenters. The van der Waals surface area contributed by atoms with Crippen LogP contribution in [0.2, 0.25) is 0 Å². The van der Waals surface area contributed by atoms with E-state index in [-0.39, 0.29) is 12.1 Å². The molecule has 0 spiro atoms. The van der Waals surface area contributed by atoms with Crippen LogP contribution in [0.1, 0.15) is 22.7 Å². The number of carbonyl (C=O) groups excluding carboxylic acids is 1. The van der Waals surface area contributed by atoms with Gasteiger partial charge in [0.25, 0.3) is 0 Å². The van der Waals surface area contributed by atoms with Crippen molar-refractivity contribution < 1.29 is 4.79 Å². The summed E-state index contributed by atoms with van der Waals surface area (Å²) in [5, 5.41) is 6.10. The van der Waals surface area contributed by atoms with Gasteiger partial charge in [-0.05, 0) is 35.9 Å². The molecule has 2 amide bonds. The number of urea groups is 1. The van der Waals surface area contributed by atoms with Gasteiger partial charge >= 0.3 is 6.03 Å². The lowest BCUT2D eigenvalue weighted by Crippen LogP contribution is -2.43. The van der Waals surface area contributed by atoms with Crippen LogP contribution in [-0.2, 0) is 6.54 Å². The fraction of sp³-hybridized carbons (Fsp3) is 0.269. The van der Waals surface area contributed by atoms with Gasteiger partial charge < -0.3 is 15.5 Å². The first-order valence-electron chi connectivity index (χ1n) is 10.8. The fourth-order valence-electron chi connectivity index (χ4n) is 3.91. The van der Waals surface area contributed by atoms with E-state index in [4.69, 9.17) is 0 Å². The van der Waals surface area contributed by atoms with Crippen molar-refractivity contribution >= 4 is 11.7 Å². The lowest BCUT2D eigenvalue weighted by atomic mass is 9.99. The highest BCUT2D eigenvalue weighted by Gasteiger charge is 2.17. The highest BCUT2D eigenvalue weighted by atomic mass is 16.2. The number of anilines is 1. The van der Waals surface area contributed by atoms with Gasteiger partial charge in [0.2, 0.25) is 0 Å². The first kappa shape index (κ1) is 21.1. The van der Waals surface area contributed by atoms with E-state index < -0.39 is 0 Å². The molecule has 0 aromatic heterocycles. The summed E-state index contributed by atoms with van der Waals surface area (Å²) in [4.78, 5) is 17.6. The summed E-state index contributed by atoms with van der Waals surface area (Å²) in [6.07, 6.45) is 0. The van der Waals surface area contributed by atoms with Crippen molar-refractivity contribution in [1.29, 1.82) is 0 Å². The van der Waals surface area contributed by atoms with Gasteiger partial charge in [0, 0.05) is 38.4 Å². The van der Waals surface area contributed by atoms with Crippen molar-refractivity contribution in [2.24, 2.45) is 0 Å². The molecule has 4 rings (SSSR count). The number of amides is 2. The number of nitrogens with zero attached hydrogens (tertiary/aromatic N) is 2. The zero-order valence-corrected chi connectivity index (χ0v) is 18.0.